The Bertz CT molecular complexity index is 687. The highest BCUT2D eigenvalue weighted by Gasteiger charge is 2.20. The molecule has 0 bridgehead atoms. The van der Waals surface area contributed by atoms with E-state index in [-0.39, 0.29) is 0 Å². The summed E-state index contributed by atoms with van der Waals surface area (Å²) in [6.45, 7) is 7.88. The lowest BCUT2D eigenvalue weighted by Crippen LogP contribution is -2.52. The summed E-state index contributed by atoms with van der Waals surface area (Å²) in [7, 11) is 1.86. The van der Waals surface area contributed by atoms with Gasteiger partial charge >= 0.3 is 0 Å². The molecule has 3 rings (SSSR count). The van der Waals surface area contributed by atoms with E-state index in [2.05, 4.69) is 40.7 Å². The number of aryl methyl sites for hydroxylation is 2. The number of guanidine groups is 1. The van der Waals surface area contributed by atoms with Crippen LogP contribution in [0.4, 0.5) is 5.82 Å². The van der Waals surface area contributed by atoms with Crippen molar-refractivity contribution in [3.05, 3.63) is 42.6 Å². The van der Waals surface area contributed by atoms with E-state index in [1.54, 1.807) is 0 Å². The summed E-state index contributed by atoms with van der Waals surface area (Å²) in [6.07, 6.45) is 8.01. The zero-order valence-electron chi connectivity index (χ0n) is 15.8. The summed E-state index contributed by atoms with van der Waals surface area (Å²) in [5, 5.41) is 3.51. The van der Waals surface area contributed by atoms with Crippen LogP contribution in [0.25, 0.3) is 0 Å². The van der Waals surface area contributed by atoms with Gasteiger partial charge in [-0.1, -0.05) is 6.07 Å². The van der Waals surface area contributed by atoms with Gasteiger partial charge in [0.15, 0.2) is 5.96 Å². The number of anilines is 1. The Balaban J connectivity index is 1.37. The van der Waals surface area contributed by atoms with Crippen LogP contribution < -0.4 is 10.2 Å². The number of nitrogens with zero attached hydrogens (tertiary/aromatic N) is 6. The quantitative estimate of drug-likeness (QED) is 0.486. The molecular formula is C19H29N7. The standard InChI is InChI=1S/C19H29N7/c1-17-21-10-12-24(17)11-6-5-9-23-19(20-2)26-15-13-25(14-16-26)18-7-3-4-8-22-18/h3-4,7-8,10,12H,5-6,9,11,13-16H2,1-2H3,(H,20,23). The van der Waals surface area contributed by atoms with Crippen molar-refractivity contribution < 1.29 is 0 Å². The lowest BCUT2D eigenvalue weighted by atomic mass is 10.3. The van der Waals surface area contributed by atoms with Crippen molar-refractivity contribution in [1.82, 2.24) is 24.8 Å². The Labute approximate surface area is 155 Å². The fourth-order valence-corrected chi connectivity index (χ4v) is 3.27. The van der Waals surface area contributed by atoms with Crippen molar-refractivity contribution in [1.29, 1.82) is 0 Å². The lowest BCUT2D eigenvalue weighted by Gasteiger charge is -2.37. The molecule has 26 heavy (non-hydrogen) atoms. The van der Waals surface area contributed by atoms with Gasteiger partial charge in [-0.05, 0) is 31.9 Å². The van der Waals surface area contributed by atoms with E-state index >= 15 is 0 Å². The zero-order chi connectivity index (χ0) is 18.2. The fourth-order valence-electron chi connectivity index (χ4n) is 3.27. The summed E-state index contributed by atoms with van der Waals surface area (Å²) in [4.78, 5) is 17.8. The molecule has 0 aliphatic carbocycles. The number of aromatic nitrogens is 3. The van der Waals surface area contributed by atoms with Crippen molar-refractivity contribution >= 4 is 11.8 Å². The Kier molecular flexibility index (Phi) is 6.46. The number of aliphatic imine (C=N–C) groups is 1. The second-order valence-electron chi connectivity index (χ2n) is 6.51. The Morgan fingerprint density at radius 1 is 1.12 bits per heavy atom. The summed E-state index contributed by atoms with van der Waals surface area (Å²) >= 11 is 0. The van der Waals surface area contributed by atoms with Gasteiger partial charge in [-0.15, -0.1) is 0 Å². The molecule has 1 N–H and O–H groups in total. The third-order valence-electron chi connectivity index (χ3n) is 4.80. The highest BCUT2D eigenvalue weighted by Crippen LogP contribution is 2.12. The first-order valence-corrected chi connectivity index (χ1v) is 9.37. The number of rotatable bonds is 6. The predicted molar refractivity (Wildman–Crippen MR) is 106 cm³/mol. The van der Waals surface area contributed by atoms with E-state index in [4.69, 9.17) is 0 Å². The van der Waals surface area contributed by atoms with E-state index in [0.717, 1.165) is 69.7 Å². The first-order valence-electron chi connectivity index (χ1n) is 9.37. The number of piperazine rings is 1. The molecule has 0 radical (unpaired) electrons. The molecule has 2 aromatic heterocycles. The highest BCUT2D eigenvalue weighted by molar-refractivity contribution is 5.80. The predicted octanol–water partition coefficient (Wildman–Crippen LogP) is 1.76. The number of nitrogens with one attached hydrogen (secondary N) is 1. The molecule has 0 atom stereocenters. The second-order valence-corrected chi connectivity index (χ2v) is 6.51. The van der Waals surface area contributed by atoms with Gasteiger partial charge in [0.25, 0.3) is 0 Å². The molecular weight excluding hydrogens is 326 g/mol. The average molecular weight is 355 g/mol. The number of unbranched alkanes of at least 4 members (excludes halogenated alkanes) is 1. The number of hydrogen-bond donors (Lipinski definition) is 1. The van der Waals surface area contributed by atoms with Crippen LogP contribution in [0.2, 0.25) is 0 Å². The maximum atomic E-state index is 4.45. The van der Waals surface area contributed by atoms with Gasteiger partial charge in [-0.3, -0.25) is 4.99 Å². The molecule has 7 nitrogen and oxygen atoms in total. The molecule has 0 aromatic carbocycles. The molecule has 0 saturated carbocycles. The molecule has 1 fully saturated rings. The molecule has 0 spiro atoms. The van der Waals surface area contributed by atoms with Crippen LogP contribution in [-0.4, -0.2) is 65.2 Å². The summed E-state index contributed by atoms with van der Waals surface area (Å²) in [5.41, 5.74) is 0. The number of hydrogen-bond acceptors (Lipinski definition) is 4. The average Bonchev–Trinajstić information content (AvgIpc) is 3.10. The third-order valence-corrected chi connectivity index (χ3v) is 4.80. The van der Waals surface area contributed by atoms with Gasteiger partial charge < -0.3 is 19.7 Å². The van der Waals surface area contributed by atoms with E-state index < -0.39 is 0 Å². The number of imidazole rings is 1. The highest BCUT2D eigenvalue weighted by atomic mass is 15.4. The molecule has 2 aromatic rings. The summed E-state index contributed by atoms with van der Waals surface area (Å²) in [5.74, 6) is 3.15. The van der Waals surface area contributed by atoms with Crippen molar-refractivity contribution in [3.63, 3.8) is 0 Å². The third kappa shape index (κ3) is 4.74. The van der Waals surface area contributed by atoms with E-state index in [1.165, 1.54) is 0 Å². The van der Waals surface area contributed by atoms with Gasteiger partial charge in [-0.2, -0.15) is 0 Å². The van der Waals surface area contributed by atoms with E-state index in [9.17, 15) is 0 Å². The van der Waals surface area contributed by atoms with Gasteiger partial charge in [0.05, 0.1) is 0 Å². The molecule has 1 aliphatic rings. The van der Waals surface area contributed by atoms with Crippen LogP contribution in [0.5, 0.6) is 0 Å². The normalized spacial score (nSPS) is 15.4. The smallest absolute Gasteiger partial charge is 0.193 e. The van der Waals surface area contributed by atoms with Gasteiger partial charge in [0.2, 0.25) is 0 Å². The Morgan fingerprint density at radius 2 is 1.96 bits per heavy atom. The van der Waals surface area contributed by atoms with Crippen LogP contribution in [0.3, 0.4) is 0 Å². The minimum absolute atomic E-state index is 0.945. The monoisotopic (exact) mass is 355 g/mol. The molecule has 3 heterocycles. The molecule has 0 amide bonds. The number of pyridine rings is 1. The van der Waals surface area contributed by atoms with Crippen LogP contribution in [-0.2, 0) is 6.54 Å². The second kappa shape index (κ2) is 9.22. The topological polar surface area (TPSA) is 61.6 Å². The minimum atomic E-state index is 0.945. The molecule has 1 aliphatic heterocycles. The molecule has 0 unspecified atom stereocenters. The van der Waals surface area contributed by atoms with Crippen molar-refractivity contribution in [2.45, 2.75) is 26.3 Å². The first-order chi connectivity index (χ1) is 12.8. The van der Waals surface area contributed by atoms with Gasteiger partial charge in [-0.25, -0.2) is 9.97 Å². The Morgan fingerprint density at radius 3 is 2.62 bits per heavy atom. The van der Waals surface area contributed by atoms with Crippen molar-refractivity contribution in [2.75, 3.05) is 44.7 Å². The minimum Gasteiger partial charge on any atom is -0.356 e. The van der Waals surface area contributed by atoms with Gasteiger partial charge in [0.1, 0.15) is 11.6 Å². The van der Waals surface area contributed by atoms with Crippen LogP contribution in [0.15, 0.2) is 41.8 Å². The largest absolute Gasteiger partial charge is 0.356 e. The first kappa shape index (κ1) is 18.2. The van der Waals surface area contributed by atoms with E-state index in [0.29, 0.717) is 0 Å². The summed E-state index contributed by atoms with van der Waals surface area (Å²) < 4.78 is 2.20. The fraction of sp³-hybridized carbons (Fsp3) is 0.526. The maximum Gasteiger partial charge on any atom is 0.193 e. The molecule has 140 valence electrons. The zero-order valence-corrected chi connectivity index (χ0v) is 15.8. The lowest BCUT2D eigenvalue weighted by molar-refractivity contribution is 0.371. The molecule has 1 saturated heterocycles. The molecule has 7 heteroatoms. The Hall–Kier alpha value is -2.57. The van der Waals surface area contributed by atoms with Gasteiger partial charge in [0, 0.05) is 64.9 Å². The van der Waals surface area contributed by atoms with Crippen molar-refractivity contribution in [2.24, 2.45) is 4.99 Å². The van der Waals surface area contributed by atoms with Crippen LogP contribution >= 0.6 is 0 Å². The maximum absolute atomic E-state index is 4.45. The van der Waals surface area contributed by atoms with Crippen molar-refractivity contribution in [3.8, 4) is 0 Å². The SMILES string of the molecule is CN=C(NCCCCn1ccnc1C)N1CCN(c2ccccn2)CC1. The van der Waals surface area contributed by atoms with Crippen LogP contribution in [0.1, 0.15) is 18.7 Å². The van der Waals surface area contributed by atoms with Crippen LogP contribution in [0, 0.1) is 6.92 Å². The summed E-state index contributed by atoms with van der Waals surface area (Å²) in [6, 6.07) is 6.07. The van der Waals surface area contributed by atoms with E-state index in [1.807, 2.05) is 44.7 Å².